The van der Waals surface area contributed by atoms with Gasteiger partial charge in [-0.2, -0.15) is 13.2 Å². The summed E-state index contributed by atoms with van der Waals surface area (Å²) < 4.78 is 45.1. The molecular formula is C14H12F3N5O. The summed E-state index contributed by atoms with van der Waals surface area (Å²) in [5.41, 5.74) is 6.78. The van der Waals surface area contributed by atoms with Crippen LogP contribution >= 0.6 is 0 Å². The molecule has 0 radical (unpaired) electrons. The number of nitrogens with zero attached hydrogens (tertiary/aromatic N) is 4. The van der Waals surface area contributed by atoms with E-state index in [1.54, 1.807) is 6.07 Å². The smallest absolute Gasteiger partial charge is 0.393 e. The van der Waals surface area contributed by atoms with Gasteiger partial charge in [-0.05, 0) is 23.8 Å². The molecule has 3 rings (SSSR count). The van der Waals surface area contributed by atoms with Crippen molar-refractivity contribution in [3.05, 3.63) is 36.3 Å². The second-order valence-electron chi connectivity index (χ2n) is 4.87. The van der Waals surface area contributed by atoms with Crippen LogP contribution in [0.2, 0.25) is 0 Å². The summed E-state index contributed by atoms with van der Waals surface area (Å²) in [5, 5.41) is 7.73. The Morgan fingerprint density at radius 3 is 2.74 bits per heavy atom. The maximum atomic E-state index is 12.9. The lowest BCUT2D eigenvalue weighted by Crippen LogP contribution is -2.13. The van der Waals surface area contributed by atoms with Crippen molar-refractivity contribution in [1.29, 1.82) is 0 Å². The number of imidazole rings is 1. The van der Waals surface area contributed by atoms with Gasteiger partial charge < -0.3 is 10.5 Å². The number of nitrogens with two attached hydrogens (primary N) is 1. The molecule has 0 aliphatic heterocycles. The topological polar surface area (TPSA) is 78.3 Å². The number of hydrogen-bond donors (Lipinski definition) is 1. The zero-order valence-electron chi connectivity index (χ0n) is 12.0. The number of aromatic nitrogens is 4. The van der Waals surface area contributed by atoms with Gasteiger partial charge in [-0.3, -0.25) is 4.40 Å². The summed E-state index contributed by atoms with van der Waals surface area (Å²) in [5.74, 6) is 0.438. The van der Waals surface area contributed by atoms with Crippen LogP contribution in [0, 0.1) is 0 Å². The van der Waals surface area contributed by atoms with Crippen molar-refractivity contribution in [2.24, 2.45) is 0 Å². The first-order chi connectivity index (χ1) is 10.9. The molecule has 0 atom stereocenters. The number of ether oxygens (including phenoxy) is 1. The first-order valence-electron chi connectivity index (χ1n) is 6.57. The molecule has 0 saturated heterocycles. The zero-order chi connectivity index (χ0) is 16.6. The molecule has 0 aliphatic carbocycles. The van der Waals surface area contributed by atoms with Crippen LogP contribution in [0.1, 0.15) is 5.56 Å². The van der Waals surface area contributed by atoms with Crippen molar-refractivity contribution < 1.29 is 17.9 Å². The van der Waals surface area contributed by atoms with Gasteiger partial charge >= 0.3 is 6.18 Å². The standard InChI is InChI=1S/C14H12F3N5O/c1-23-9-2-3-10(8(4-9)5-14(15,16)17)12-11-6-19-7-22(11)13(18)21-20-12/h2-4,6-7H,5H2,1H3,(H2,18,21). The fourth-order valence-electron chi connectivity index (χ4n) is 2.34. The van der Waals surface area contributed by atoms with E-state index in [-0.39, 0.29) is 17.2 Å². The van der Waals surface area contributed by atoms with E-state index in [4.69, 9.17) is 10.5 Å². The first kappa shape index (κ1) is 15.1. The molecular weight excluding hydrogens is 311 g/mol. The van der Waals surface area contributed by atoms with Crippen LogP contribution in [0.15, 0.2) is 30.7 Å². The molecule has 3 aromatic rings. The molecule has 0 saturated carbocycles. The minimum Gasteiger partial charge on any atom is -0.497 e. The van der Waals surface area contributed by atoms with Gasteiger partial charge in [-0.25, -0.2) is 4.98 Å². The van der Waals surface area contributed by atoms with E-state index in [1.807, 2.05) is 0 Å². The predicted molar refractivity (Wildman–Crippen MR) is 76.9 cm³/mol. The molecule has 2 heterocycles. The Labute approximate surface area is 128 Å². The van der Waals surface area contributed by atoms with E-state index in [2.05, 4.69) is 15.2 Å². The molecule has 2 N–H and O–H groups in total. The SMILES string of the molecule is COc1ccc(-c2nnc(N)n3cncc23)c(CC(F)(F)F)c1. The van der Waals surface area contributed by atoms with Crippen molar-refractivity contribution >= 4 is 11.5 Å². The maximum Gasteiger partial charge on any atom is 0.393 e. The average Bonchev–Trinajstić information content (AvgIpc) is 2.97. The number of anilines is 1. The van der Waals surface area contributed by atoms with Gasteiger partial charge in [0.15, 0.2) is 0 Å². The van der Waals surface area contributed by atoms with Crippen LogP contribution < -0.4 is 10.5 Å². The molecule has 0 amide bonds. The van der Waals surface area contributed by atoms with Gasteiger partial charge in [0.1, 0.15) is 17.8 Å². The van der Waals surface area contributed by atoms with Gasteiger partial charge in [0.25, 0.3) is 0 Å². The number of fused-ring (bicyclic) bond motifs is 1. The number of halogens is 3. The third kappa shape index (κ3) is 2.89. The summed E-state index contributed by atoms with van der Waals surface area (Å²) >= 11 is 0. The Hall–Kier alpha value is -2.84. The second-order valence-corrected chi connectivity index (χ2v) is 4.87. The number of methoxy groups -OCH3 is 1. The van der Waals surface area contributed by atoms with Crippen molar-refractivity contribution in [2.75, 3.05) is 12.8 Å². The summed E-state index contributed by atoms with van der Waals surface area (Å²) in [6.07, 6.45) is -2.57. The summed E-state index contributed by atoms with van der Waals surface area (Å²) in [7, 11) is 1.39. The maximum absolute atomic E-state index is 12.9. The monoisotopic (exact) mass is 323 g/mol. The van der Waals surface area contributed by atoms with E-state index in [1.165, 1.54) is 36.2 Å². The number of hydrogen-bond acceptors (Lipinski definition) is 5. The predicted octanol–water partition coefficient (Wildman–Crippen LogP) is 2.49. The highest BCUT2D eigenvalue weighted by atomic mass is 19.4. The van der Waals surface area contributed by atoms with Crippen LogP contribution in [0.3, 0.4) is 0 Å². The van der Waals surface area contributed by atoms with Crippen LogP contribution in [0.5, 0.6) is 5.75 Å². The number of alkyl halides is 3. The highest BCUT2D eigenvalue weighted by Gasteiger charge is 2.30. The van der Waals surface area contributed by atoms with Crippen molar-refractivity contribution in [3.8, 4) is 17.0 Å². The molecule has 23 heavy (non-hydrogen) atoms. The lowest BCUT2D eigenvalue weighted by atomic mass is 10.0. The van der Waals surface area contributed by atoms with Crippen LogP contribution in [-0.4, -0.2) is 32.9 Å². The Kier molecular flexibility index (Phi) is 3.55. The fraction of sp³-hybridized carbons (Fsp3) is 0.214. The summed E-state index contributed by atoms with van der Waals surface area (Å²) in [4.78, 5) is 3.94. The van der Waals surface area contributed by atoms with E-state index in [0.717, 1.165) is 0 Å². The van der Waals surface area contributed by atoms with Crippen molar-refractivity contribution in [3.63, 3.8) is 0 Å². The van der Waals surface area contributed by atoms with Crippen LogP contribution in [0.4, 0.5) is 19.1 Å². The third-order valence-electron chi connectivity index (χ3n) is 3.34. The molecule has 0 unspecified atom stereocenters. The second kappa shape index (κ2) is 5.41. The average molecular weight is 323 g/mol. The molecule has 0 aliphatic rings. The quantitative estimate of drug-likeness (QED) is 0.801. The molecule has 120 valence electrons. The molecule has 2 aromatic heterocycles. The highest BCUT2D eigenvalue weighted by molar-refractivity contribution is 5.79. The lowest BCUT2D eigenvalue weighted by molar-refractivity contribution is -0.127. The molecule has 9 heteroatoms. The molecule has 0 bridgehead atoms. The van der Waals surface area contributed by atoms with E-state index >= 15 is 0 Å². The largest absolute Gasteiger partial charge is 0.497 e. The minimum absolute atomic E-state index is 0.0408. The van der Waals surface area contributed by atoms with E-state index < -0.39 is 12.6 Å². The van der Waals surface area contributed by atoms with Gasteiger partial charge in [-0.15, -0.1) is 10.2 Å². The third-order valence-corrected chi connectivity index (χ3v) is 3.34. The Bertz CT molecular complexity index is 859. The van der Waals surface area contributed by atoms with Gasteiger partial charge in [0, 0.05) is 5.56 Å². The van der Waals surface area contributed by atoms with Gasteiger partial charge in [-0.1, -0.05) is 0 Å². The summed E-state index contributed by atoms with van der Waals surface area (Å²) in [6, 6.07) is 4.43. The normalized spacial score (nSPS) is 11.8. The van der Waals surface area contributed by atoms with Crippen molar-refractivity contribution in [2.45, 2.75) is 12.6 Å². The highest BCUT2D eigenvalue weighted by Crippen LogP contribution is 2.33. The van der Waals surface area contributed by atoms with E-state index in [0.29, 0.717) is 16.8 Å². The first-order valence-corrected chi connectivity index (χ1v) is 6.57. The Morgan fingerprint density at radius 2 is 2.04 bits per heavy atom. The van der Waals surface area contributed by atoms with Crippen LogP contribution in [0.25, 0.3) is 16.8 Å². The molecule has 6 nitrogen and oxygen atoms in total. The Morgan fingerprint density at radius 1 is 1.26 bits per heavy atom. The molecule has 0 spiro atoms. The Balaban J connectivity index is 2.21. The van der Waals surface area contributed by atoms with E-state index in [9.17, 15) is 13.2 Å². The fourth-order valence-corrected chi connectivity index (χ4v) is 2.34. The van der Waals surface area contributed by atoms with Gasteiger partial charge in [0.05, 0.1) is 25.2 Å². The summed E-state index contributed by atoms with van der Waals surface area (Å²) in [6.45, 7) is 0. The number of nitrogen functional groups attached to an aromatic ring is 1. The molecule has 0 fully saturated rings. The van der Waals surface area contributed by atoms with Gasteiger partial charge in [0.2, 0.25) is 5.95 Å². The lowest BCUT2D eigenvalue weighted by Gasteiger charge is -2.13. The number of benzene rings is 1. The zero-order valence-corrected chi connectivity index (χ0v) is 12.0. The van der Waals surface area contributed by atoms with Crippen LogP contribution in [-0.2, 0) is 6.42 Å². The minimum atomic E-state index is -4.36. The molecule has 1 aromatic carbocycles. The van der Waals surface area contributed by atoms with Crippen molar-refractivity contribution in [1.82, 2.24) is 19.6 Å². The number of rotatable bonds is 3.